The van der Waals surface area contributed by atoms with Gasteiger partial charge in [0.05, 0.1) is 5.39 Å². The van der Waals surface area contributed by atoms with E-state index in [1.165, 1.54) is 16.9 Å². The van der Waals surface area contributed by atoms with Gasteiger partial charge in [-0.2, -0.15) is 0 Å². The minimum absolute atomic E-state index is 0.120. The Balaban J connectivity index is 2.20. The number of nitrogens with zero attached hydrogens (tertiary/aromatic N) is 2. The lowest BCUT2D eigenvalue weighted by Crippen LogP contribution is -2.23. The second-order valence-corrected chi connectivity index (χ2v) is 8.12. The number of thiophene rings is 1. The molecule has 118 valence electrons. The van der Waals surface area contributed by atoms with E-state index >= 15 is 0 Å². The average molecular weight is 335 g/mol. The zero-order chi connectivity index (χ0) is 15.7. The first-order valence-corrected chi connectivity index (χ1v) is 9.74. The van der Waals surface area contributed by atoms with Crippen molar-refractivity contribution in [1.29, 1.82) is 0 Å². The van der Waals surface area contributed by atoms with Crippen molar-refractivity contribution in [3.05, 3.63) is 33.4 Å². The highest BCUT2D eigenvalue weighted by atomic mass is 32.2. The summed E-state index contributed by atoms with van der Waals surface area (Å²) < 4.78 is 1.79. The molecule has 3 nitrogen and oxygen atoms in total. The summed E-state index contributed by atoms with van der Waals surface area (Å²) in [6.45, 7) is 8.74. The van der Waals surface area contributed by atoms with Crippen LogP contribution in [-0.4, -0.2) is 15.3 Å². The Bertz CT molecular complexity index is 760. The van der Waals surface area contributed by atoms with E-state index in [1.807, 2.05) is 0 Å². The van der Waals surface area contributed by atoms with Crippen LogP contribution in [0.4, 0.5) is 0 Å². The van der Waals surface area contributed by atoms with Crippen molar-refractivity contribution < 1.29 is 0 Å². The molecule has 0 radical (unpaired) electrons. The van der Waals surface area contributed by atoms with Crippen molar-refractivity contribution in [1.82, 2.24) is 9.55 Å². The van der Waals surface area contributed by atoms with Gasteiger partial charge in [-0.3, -0.25) is 9.36 Å². The molecule has 5 heteroatoms. The van der Waals surface area contributed by atoms with Gasteiger partial charge >= 0.3 is 0 Å². The topological polar surface area (TPSA) is 34.9 Å². The van der Waals surface area contributed by atoms with E-state index in [-0.39, 0.29) is 5.56 Å². The zero-order valence-electron chi connectivity index (χ0n) is 13.2. The minimum atomic E-state index is 0.120. The molecule has 1 aliphatic rings. The molecule has 0 fully saturated rings. The van der Waals surface area contributed by atoms with E-state index in [9.17, 15) is 4.79 Å². The molecule has 0 aromatic carbocycles. The van der Waals surface area contributed by atoms with Crippen molar-refractivity contribution in [3.63, 3.8) is 0 Å². The molecule has 0 spiro atoms. The molecule has 0 amide bonds. The van der Waals surface area contributed by atoms with Crippen LogP contribution in [0.3, 0.4) is 0 Å². The number of hydrogen-bond donors (Lipinski definition) is 0. The van der Waals surface area contributed by atoms with Gasteiger partial charge in [0, 0.05) is 17.2 Å². The van der Waals surface area contributed by atoms with Crippen molar-refractivity contribution in [2.45, 2.75) is 51.2 Å². The Morgan fingerprint density at radius 1 is 1.55 bits per heavy atom. The largest absolute Gasteiger partial charge is 0.283 e. The maximum absolute atomic E-state index is 13.0. The molecule has 0 unspecified atom stereocenters. The molecule has 0 aliphatic heterocycles. The van der Waals surface area contributed by atoms with Crippen LogP contribution in [0.25, 0.3) is 10.2 Å². The highest BCUT2D eigenvalue weighted by Crippen LogP contribution is 2.36. The molecule has 0 N–H and O–H groups in total. The highest BCUT2D eigenvalue weighted by molar-refractivity contribution is 7.99. The van der Waals surface area contributed by atoms with Crippen LogP contribution in [-0.2, 0) is 19.4 Å². The normalized spacial score (nSPS) is 17.6. The predicted molar refractivity (Wildman–Crippen MR) is 96.3 cm³/mol. The van der Waals surface area contributed by atoms with Crippen LogP contribution in [0.1, 0.15) is 37.1 Å². The number of hydrogen-bond acceptors (Lipinski definition) is 4. The third kappa shape index (κ3) is 2.76. The van der Waals surface area contributed by atoms with Crippen molar-refractivity contribution >= 4 is 33.3 Å². The molecule has 22 heavy (non-hydrogen) atoms. The summed E-state index contributed by atoms with van der Waals surface area (Å²) in [6.07, 6.45) is 6.19. The summed E-state index contributed by atoms with van der Waals surface area (Å²) in [5, 5.41) is 1.71. The molecular formula is C17H22N2OS2. The average Bonchev–Trinajstić information content (AvgIpc) is 2.86. The first kappa shape index (κ1) is 15.8. The van der Waals surface area contributed by atoms with Gasteiger partial charge in [-0.25, -0.2) is 4.98 Å². The predicted octanol–water partition coefficient (Wildman–Crippen LogP) is 4.27. The lowest BCUT2D eigenvalue weighted by atomic mass is 9.89. The van der Waals surface area contributed by atoms with Crippen LogP contribution >= 0.6 is 23.1 Å². The molecule has 0 bridgehead atoms. The smallest absolute Gasteiger partial charge is 0.263 e. The van der Waals surface area contributed by atoms with Crippen LogP contribution in [0, 0.1) is 5.92 Å². The van der Waals surface area contributed by atoms with E-state index in [0.29, 0.717) is 12.5 Å². The molecule has 1 aliphatic carbocycles. The lowest BCUT2D eigenvalue weighted by molar-refractivity contribution is 0.508. The number of thioether (sulfide) groups is 1. The fourth-order valence-electron chi connectivity index (χ4n) is 3.01. The Morgan fingerprint density at radius 3 is 3.09 bits per heavy atom. The summed E-state index contributed by atoms with van der Waals surface area (Å²) in [5.41, 5.74) is 1.39. The van der Waals surface area contributed by atoms with Crippen LogP contribution in [0.5, 0.6) is 0 Å². The van der Waals surface area contributed by atoms with E-state index in [2.05, 4.69) is 20.4 Å². The van der Waals surface area contributed by atoms with Crippen LogP contribution in [0.2, 0.25) is 0 Å². The molecule has 2 aromatic heterocycles. The molecule has 2 heterocycles. The van der Waals surface area contributed by atoms with E-state index in [1.54, 1.807) is 33.7 Å². The Hall–Kier alpha value is -1.07. The molecule has 0 saturated carbocycles. The number of aryl methyl sites for hydroxylation is 1. The van der Waals surface area contributed by atoms with Gasteiger partial charge < -0.3 is 0 Å². The Labute approximate surface area is 139 Å². The van der Waals surface area contributed by atoms with Gasteiger partial charge in [0.15, 0.2) is 5.16 Å². The Kier molecular flexibility index (Phi) is 4.73. The Morgan fingerprint density at radius 2 is 2.36 bits per heavy atom. The second kappa shape index (κ2) is 6.59. The monoisotopic (exact) mass is 334 g/mol. The van der Waals surface area contributed by atoms with Gasteiger partial charge in [0.2, 0.25) is 0 Å². The van der Waals surface area contributed by atoms with Gasteiger partial charge in [-0.15, -0.1) is 17.9 Å². The summed E-state index contributed by atoms with van der Waals surface area (Å²) >= 11 is 3.40. The fraction of sp³-hybridized carbons (Fsp3) is 0.529. The molecule has 0 saturated heterocycles. The first-order valence-electron chi connectivity index (χ1n) is 7.94. The molecule has 3 rings (SSSR count). The zero-order valence-corrected chi connectivity index (χ0v) is 14.9. The van der Waals surface area contributed by atoms with Crippen molar-refractivity contribution in [2.75, 3.05) is 5.75 Å². The van der Waals surface area contributed by atoms with E-state index in [4.69, 9.17) is 4.98 Å². The third-order valence-electron chi connectivity index (χ3n) is 4.12. The quantitative estimate of drug-likeness (QED) is 0.465. The lowest BCUT2D eigenvalue weighted by Gasteiger charge is -2.18. The maximum atomic E-state index is 13.0. The van der Waals surface area contributed by atoms with Crippen LogP contribution in [0.15, 0.2) is 22.6 Å². The first-order chi connectivity index (χ1) is 10.7. The number of allylic oxidation sites excluding steroid dienone is 1. The van der Waals surface area contributed by atoms with Crippen molar-refractivity contribution in [3.8, 4) is 0 Å². The molecule has 2 aromatic rings. The van der Waals surface area contributed by atoms with E-state index < -0.39 is 0 Å². The number of fused-ring (bicyclic) bond motifs is 3. The minimum Gasteiger partial charge on any atom is -0.283 e. The van der Waals surface area contributed by atoms with E-state index in [0.717, 1.165) is 40.4 Å². The summed E-state index contributed by atoms with van der Waals surface area (Å²) in [4.78, 5) is 20.1. The van der Waals surface area contributed by atoms with Gasteiger partial charge in [0.25, 0.3) is 5.56 Å². The SMILES string of the molecule is C=CCn1c(SCCC)nc2sc3c(c2c1=O)C[C@H](C)CC3. The maximum Gasteiger partial charge on any atom is 0.263 e. The third-order valence-corrected chi connectivity index (χ3v) is 6.49. The fourth-order valence-corrected chi connectivity index (χ4v) is 5.13. The van der Waals surface area contributed by atoms with Crippen LogP contribution < -0.4 is 5.56 Å². The van der Waals surface area contributed by atoms with Gasteiger partial charge in [-0.1, -0.05) is 31.7 Å². The molecular weight excluding hydrogens is 312 g/mol. The second-order valence-electron chi connectivity index (χ2n) is 5.98. The van der Waals surface area contributed by atoms with Crippen molar-refractivity contribution in [2.24, 2.45) is 5.92 Å². The number of aromatic nitrogens is 2. The van der Waals surface area contributed by atoms with Gasteiger partial charge in [0.1, 0.15) is 4.83 Å². The number of rotatable bonds is 5. The van der Waals surface area contributed by atoms with Gasteiger partial charge in [-0.05, 0) is 37.2 Å². The summed E-state index contributed by atoms with van der Waals surface area (Å²) in [6, 6.07) is 0. The summed E-state index contributed by atoms with van der Waals surface area (Å²) in [7, 11) is 0. The summed E-state index contributed by atoms with van der Waals surface area (Å²) in [5.74, 6) is 1.64. The highest BCUT2D eigenvalue weighted by Gasteiger charge is 2.24. The standard InChI is InChI=1S/C17H22N2OS2/c1-4-8-19-16(20)14-12-10-11(3)6-7-13(12)22-15(14)18-17(19)21-9-5-2/h4,11H,1,5-10H2,2-3H3/t11-/m1/s1. The molecule has 1 atom stereocenters.